The molecule has 0 unspecified atom stereocenters. The number of methoxy groups -OCH3 is 1. The Morgan fingerprint density at radius 3 is 2.55 bits per heavy atom. The number of rotatable bonds is 5. The Morgan fingerprint density at radius 2 is 1.87 bits per heavy atom. The largest absolute Gasteiger partial charge is 0.465 e. The molecule has 0 bridgehead atoms. The molecule has 8 heteroatoms. The van der Waals surface area contributed by atoms with Gasteiger partial charge in [0.15, 0.2) is 5.16 Å². The van der Waals surface area contributed by atoms with Gasteiger partial charge >= 0.3 is 5.97 Å². The number of hydrogen-bond acceptors (Lipinski definition) is 6. The minimum Gasteiger partial charge on any atom is -0.465 e. The molecular formula is C23H21N3O4S. The number of ether oxygens (including phenoxy) is 1. The van der Waals surface area contributed by atoms with Gasteiger partial charge in [-0.05, 0) is 23.3 Å². The molecule has 0 fully saturated rings. The van der Waals surface area contributed by atoms with Gasteiger partial charge in [-0.15, -0.1) is 0 Å². The van der Waals surface area contributed by atoms with E-state index >= 15 is 0 Å². The lowest BCUT2D eigenvalue weighted by Gasteiger charge is -2.27. The molecule has 0 aliphatic carbocycles. The zero-order valence-electron chi connectivity index (χ0n) is 17.1. The number of nitrogens with zero attached hydrogens (tertiary/aromatic N) is 2. The van der Waals surface area contributed by atoms with E-state index in [2.05, 4.69) is 10.3 Å². The summed E-state index contributed by atoms with van der Waals surface area (Å²) in [5.74, 6) is 0.0798. The summed E-state index contributed by atoms with van der Waals surface area (Å²) < 4.78 is 6.49. The first-order chi connectivity index (χ1) is 15.0. The Labute approximate surface area is 183 Å². The maximum absolute atomic E-state index is 13.0. The van der Waals surface area contributed by atoms with Crippen molar-refractivity contribution in [1.29, 1.82) is 0 Å². The molecule has 0 saturated heterocycles. The van der Waals surface area contributed by atoms with Gasteiger partial charge in [0.25, 0.3) is 5.56 Å². The highest BCUT2D eigenvalue weighted by atomic mass is 32.2. The van der Waals surface area contributed by atoms with E-state index in [9.17, 15) is 14.4 Å². The molecule has 2 heterocycles. The quantitative estimate of drug-likeness (QED) is 0.376. The lowest BCUT2D eigenvalue weighted by Crippen LogP contribution is -2.33. The second kappa shape index (κ2) is 8.77. The highest BCUT2D eigenvalue weighted by molar-refractivity contribution is 7.98. The summed E-state index contributed by atoms with van der Waals surface area (Å²) in [7, 11) is 3.11. The van der Waals surface area contributed by atoms with Crippen molar-refractivity contribution in [2.24, 2.45) is 7.05 Å². The smallest absolute Gasteiger partial charge is 0.337 e. The Bertz CT molecular complexity index is 1190. The molecule has 1 amide bonds. The molecule has 1 aromatic heterocycles. The van der Waals surface area contributed by atoms with Crippen molar-refractivity contribution in [1.82, 2.24) is 9.55 Å². The zero-order chi connectivity index (χ0) is 22.0. The third-order valence-corrected chi connectivity index (χ3v) is 6.35. The van der Waals surface area contributed by atoms with Gasteiger partial charge in [0.05, 0.1) is 18.2 Å². The third-order valence-electron chi connectivity index (χ3n) is 5.25. The first-order valence-corrected chi connectivity index (χ1v) is 10.7. The lowest BCUT2D eigenvalue weighted by molar-refractivity contribution is -0.116. The number of thioether (sulfide) groups is 1. The van der Waals surface area contributed by atoms with E-state index in [0.717, 1.165) is 11.1 Å². The summed E-state index contributed by atoms with van der Waals surface area (Å²) in [6.07, 6.45) is 0.137. The second-order valence-electron chi connectivity index (χ2n) is 7.21. The van der Waals surface area contributed by atoms with Crippen molar-refractivity contribution >= 4 is 29.5 Å². The minimum atomic E-state index is -0.439. The molecule has 0 radical (unpaired) electrons. The van der Waals surface area contributed by atoms with Crippen LogP contribution in [0.25, 0.3) is 0 Å². The van der Waals surface area contributed by atoms with Crippen molar-refractivity contribution in [3.05, 3.63) is 87.2 Å². The summed E-state index contributed by atoms with van der Waals surface area (Å²) >= 11 is 1.44. The van der Waals surface area contributed by atoms with Crippen LogP contribution < -0.4 is 10.9 Å². The molecule has 1 aliphatic heterocycles. The third kappa shape index (κ3) is 4.25. The van der Waals surface area contributed by atoms with Crippen molar-refractivity contribution in [3.63, 3.8) is 0 Å². The van der Waals surface area contributed by atoms with Crippen LogP contribution in [0.15, 0.2) is 64.5 Å². The summed E-state index contributed by atoms with van der Waals surface area (Å²) in [5.41, 5.74) is 2.40. The first kappa shape index (κ1) is 20.9. The maximum Gasteiger partial charge on any atom is 0.337 e. The molecule has 0 spiro atoms. The van der Waals surface area contributed by atoms with E-state index < -0.39 is 11.9 Å². The minimum absolute atomic E-state index is 0.137. The normalized spacial score (nSPS) is 15.2. The van der Waals surface area contributed by atoms with Crippen LogP contribution in [0.3, 0.4) is 0 Å². The van der Waals surface area contributed by atoms with E-state index in [-0.39, 0.29) is 17.9 Å². The van der Waals surface area contributed by atoms with Crippen molar-refractivity contribution < 1.29 is 14.3 Å². The van der Waals surface area contributed by atoms with E-state index in [1.165, 1.54) is 18.9 Å². The van der Waals surface area contributed by atoms with Gasteiger partial charge in [0.2, 0.25) is 5.91 Å². The van der Waals surface area contributed by atoms with Crippen LogP contribution in [0.4, 0.5) is 5.82 Å². The number of benzene rings is 2. The van der Waals surface area contributed by atoms with E-state index in [4.69, 9.17) is 4.74 Å². The van der Waals surface area contributed by atoms with Gasteiger partial charge in [-0.1, -0.05) is 54.2 Å². The van der Waals surface area contributed by atoms with Gasteiger partial charge in [-0.25, -0.2) is 4.79 Å². The Kier molecular flexibility index (Phi) is 5.90. The molecule has 1 aliphatic rings. The number of carbonyl (C=O) groups excluding carboxylic acids is 2. The molecule has 0 saturated carbocycles. The SMILES string of the molecule is COC(=O)c1ccc([C@H]2CC(=O)Nc3c2c(=O)nc(SCc2ccccc2)n3C)cc1. The van der Waals surface area contributed by atoms with Crippen molar-refractivity contribution in [2.75, 3.05) is 12.4 Å². The summed E-state index contributed by atoms with van der Waals surface area (Å²) in [5, 5.41) is 3.38. The number of hydrogen-bond donors (Lipinski definition) is 1. The van der Waals surface area contributed by atoms with Crippen LogP contribution in [0.2, 0.25) is 0 Å². The zero-order valence-corrected chi connectivity index (χ0v) is 17.9. The van der Waals surface area contributed by atoms with Crippen molar-refractivity contribution in [3.8, 4) is 0 Å². The van der Waals surface area contributed by atoms with Crippen LogP contribution in [0, 0.1) is 0 Å². The van der Waals surface area contributed by atoms with Gasteiger partial charge in [-0.2, -0.15) is 4.98 Å². The number of anilines is 1. The molecule has 31 heavy (non-hydrogen) atoms. The fourth-order valence-electron chi connectivity index (χ4n) is 3.64. The van der Waals surface area contributed by atoms with Crippen molar-refractivity contribution in [2.45, 2.75) is 23.2 Å². The second-order valence-corrected chi connectivity index (χ2v) is 8.16. The van der Waals surface area contributed by atoms with Crippen LogP contribution in [0.1, 0.15) is 39.4 Å². The van der Waals surface area contributed by atoms with E-state index in [0.29, 0.717) is 27.9 Å². The summed E-state index contributed by atoms with van der Waals surface area (Å²) in [6.45, 7) is 0. The van der Waals surface area contributed by atoms with E-state index in [1.807, 2.05) is 30.3 Å². The number of amides is 1. The molecule has 158 valence electrons. The fraction of sp³-hybridized carbons (Fsp3) is 0.217. The Hall–Kier alpha value is -3.39. The molecular weight excluding hydrogens is 414 g/mol. The standard InChI is InChI=1S/C23H21N3O4S/c1-26-20-19(21(28)25-23(26)31-13-14-6-4-3-5-7-14)17(12-18(27)24-20)15-8-10-16(11-9-15)22(29)30-2/h3-11,17H,12-13H2,1-2H3,(H,24,27)/t17-/m1/s1. The maximum atomic E-state index is 13.0. The van der Waals surface area contributed by atoms with E-state index in [1.54, 1.807) is 35.9 Å². The molecule has 3 aromatic rings. The van der Waals surface area contributed by atoms with Gasteiger partial charge in [0.1, 0.15) is 5.82 Å². The number of fused-ring (bicyclic) bond motifs is 1. The topological polar surface area (TPSA) is 90.3 Å². The lowest BCUT2D eigenvalue weighted by atomic mass is 9.86. The number of esters is 1. The molecule has 4 rings (SSSR count). The van der Waals surface area contributed by atoms with Gasteiger partial charge in [0, 0.05) is 25.1 Å². The molecule has 1 N–H and O–H groups in total. The van der Waals surface area contributed by atoms with Crippen LogP contribution in [-0.2, 0) is 22.3 Å². The molecule has 1 atom stereocenters. The number of nitrogens with one attached hydrogen (secondary N) is 1. The predicted octanol–water partition coefficient (Wildman–Crippen LogP) is 3.33. The van der Waals surface area contributed by atoms with Gasteiger partial charge in [-0.3, -0.25) is 9.59 Å². The van der Waals surface area contributed by atoms with Crippen LogP contribution in [-0.4, -0.2) is 28.5 Å². The number of aromatic nitrogens is 2. The van der Waals surface area contributed by atoms with Crippen LogP contribution >= 0.6 is 11.8 Å². The molecule has 7 nitrogen and oxygen atoms in total. The monoisotopic (exact) mass is 435 g/mol. The summed E-state index contributed by atoms with van der Waals surface area (Å²) in [6, 6.07) is 16.7. The average molecular weight is 436 g/mol. The highest BCUT2D eigenvalue weighted by Crippen LogP contribution is 2.36. The first-order valence-electron chi connectivity index (χ1n) is 9.73. The number of carbonyl (C=O) groups is 2. The Morgan fingerprint density at radius 1 is 1.16 bits per heavy atom. The highest BCUT2D eigenvalue weighted by Gasteiger charge is 2.32. The Balaban J connectivity index is 1.69. The van der Waals surface area contributed by atoms with Crippen LogP contribution in [0.5, 0.6) is 0 Å². The van der Waals surface area contributed by atoms with Gasteiger partial charge < -0.3 is 14.6 Å². The predicted molar refractivity (Wildman–Crippen MR) is 118 cm³/mol. The fourth-order valence-corrected chi connectivity index (χ4v) is 4.56. The molecule has 2 aromatic carbocycles. The summed E-state index contributed by atoms with van der Waals surface area (Å²) in [4.78, 5) is 41.5. The average Bonchev–Trinajstić information content (AvgIpc) is 2.80.